The molecule has 0 amide bonds. The minimum absolute atomic E-state index is 0.131. The van der Waals surface area contributed by atoms with E-state index in [2.05, 4.69) is 10.1 Å². The van der Waals surface area contributed by atoms with Crippen molar-refractivity contribution in [3.8, 4) is 0 Å². The molecule has 0 spiro atoms. The van der Waals surface area contributed by atoms with Crippen LogP contribution < -0.4 is 0 Å². The van der Waals surface area contributed by atoms with Crippen molar-refractivity contribution < 1.29 is 23.1 Å². The number of carbonyl (C=O) groups is 1. The first-order chi connectivity index (χ1) is 11.7. The minimum Gasteiger partial charge on any atom is -0.481 e. The molecule has 0 saturated heterocycles. The Morgan fingerprint density at radius 3 is 2.80 bits per heavy atom. The highest BCUT2D eigenvalue weighted by Crippen LogP contribution is 2.37. The molecule has 10 heteroatoms. The maximum absolute atomic E-state index is 13.0. The molecule has 2 heterocycles. The topological polar surface area (TPSA) is 68.0 Å². The molecule has 0 fully saturated rings. The molecule has 0 saturated carbocycles. The zero-order valence-electron chi connectivity index (χ0n) is 13.0. The van der Waals surface area contributed by atoms with Gasteiger partial charge >= 0.3 is 12.1 Å². The van der Waals surface area contributed by atoms with Crippen molar-refractivity contribution in [2.75, 3.05) is 0 Å². The molecule has 2 aromatic rings. The highest BCUT2D eigenvalue weighted by atomic mass is 35.5. The molecule has 0 aromatic carbocycles. The Morgan fingerprint density at radius 2 is 2.16 bits per heavy atom. The van der Waals surface area contributed by atoms with E-state index in [1.54, 1.807) is 0 Å². The fourth-order valence-electron chi connectivity index (χ4n) is 2.78. The predicted molar refractivity (Wildman–Crippen MR) is 87.6 cm³/mol. The maximum atomic E-state index is 13.0. The van der Waals surface area contributed by atoms with Crippen LogP contribution in [0.4, 0.5) is 13.2 Å². The minimum atomic E-state index is -4.62. The van der Waals surface area contributed by atoms with Crippen LogP contribution >= 0.6 is 22.9 Å². The number of rotatable bonds is 3. The van der Waals surface area contributed by atoms with Gasteiger partial charge in [-0.3, -0.25) is 9.48 Å². The monoisotopic (exact) mass is 391 g/mol. The number of hydrogen-bond donors (Lipinski definition) is 1. The zero-order valence-corrected chi connectivity index (χ0v) is 14.5. The summed E-state index contributed by atoms with van der Waals surface area (Å²) >= 11 is 7.20. The van der Waals surface area contributed by atoms with Crippen LogP contribution in [0.3, 0.4) is 0 Å². The van der Waals surface area contributed by atoms with Gasteiger partial charge in [-0.1, -0.05) is 11.6 Å². The highest BCUT2D eigenvalue weighted by Gasteiger charge is 2.38. The SMILES string of the molecule is Cn1nc(C(F)(F)F)c(/C=C/c2nc3c(s2)CCCC3C(=O)O)c1Cl. The Kier molecular flexibility index (Phi) is 4.63. The Hall–Kier alpha value is -1.87. The maximum Gasteiger partial charge on any atom is 0.435 e. The van der Waals surface area contributed by atoms with Crippen LogP contribution in [0.15, 0.2) is 0 Å². The van der Waals surface area contributed by atoms with Crippen LogP contribution in [-0.2, 0) is 24.4 Å². The number of halogens is 4. The predicted octanol–water partition coefficient (Wildman–Crippen LogP) is 4.22. The van der Waals surface area contributed by atoms with Gasteiger partial charge in [-0.25, -0.2) is 4.98 Å². The lowest BCUT2D eigenvalue weighted by atomic mass is 9.91. The van der Waals surface area contributed by atoms with Gasteiger partial charge in [-0.05, 0) is 31.4 Å². The third-order valence-corrected chi connectivity index (χ3v) is 5.49. The molecule has 0 aliphatic heterocycles. The molecule has 5 nitrogen and oxygen atoms in total. The van der Waals surface area contributed by atoms with Crippen LogP contribution in [-0.4, -0.2) is 25.8 Å². The van der Waals surface area contributed by atoms with Crippen molar-refractivity contribution in [2.24, 2.45) is 7.05 Å². The Morgan fingerprint density at radius 1 is 1.44 bits per heavy atom. The number of alkyl halides is 3. The van der Waals surface area contributed by atoms with E-state index in [1.807, 2.05) is 0 Å². The van der Waals surface area contributed by atoms with Gasteiger partial charge in [0, 0.05) is 17.5 Å². The third-order valence-electron chi connectivity index (χ3n) is 3.94. The van der Waals surface area contributed by atoms with Gasteiger partial charge in [-0.2, -0.15) is 18.3 Å². The number of carboxylic acid groups (broad SMARTS) is 1. The van der Waals surface area contributed by atoms with Gasteiger partial charge in [0.15, 0.2) is 5.69 Å². The first kappa shape index (κ1) is 17.9. The number of fused-ring (bicyclic) bond motifs is 1. The lowest BCUT2D eigenvalue weighted by Crippen LogP contribution is -2.17. The fraction of sp³-hybridized carbons (Fsp3) is 0.400. The fourth-order valence-corrected chi connectivity index (χ4v) is 4.04. The highest BCUT2D eigenvalue weighted by molar-refractivity contribution is 7.12. The summed E-state index contributed by atoms with van der Waals surface area (Å²) < 4.78 is 40.1. The van der Waals surface area contributed by atoms with Crippen molar-refractivity contribution >= 4 is 41.1 Å². The second-order valence-corrected chi connectivity index (χ2v) is 7.12. The normalized spacial score (nSPS) is 17.9. The van der Waals surface area contributed by atoms with Gasteiger partial charge in [-0.15, -0.1) is 11.3 Å². The molecule has 1 aliphatic rings. The summed E-state index contributed by atoms with van der Waals surface area (Å²) in [7, 11) is 1.33. The Bertz CT molecular complexity index is 857. The van der Waals surface area contributed by atoms with Gasteiger partial charge in [0.25, 0.3) is 0 Å². The summed E-state index contributed by atoms with van der Waals surface area (Å²) in [5.74, 6) is -1.59. The van der Waals surface area contributed by atoms with Crippen molar-refractivity contribution in [1.82, 2.24) is 14.8 Å². The molecule has 1 aliphatic carbocycles. The lowest BCUT2D eigenvalue weighted by molar-refractivity contribution is -0.141. The van der Waals surface area contributed by atoms with Crippen molar-refractivity contribution in [1.29, 1.82) is 0 Å². The average Bonchev–Trinajstić information content (AvgIpc) is 3.06. The number of nitrogens with zero attached hydrogens (tertiary/aromatic N) is 3. The number of aryl methyl sites for hydroxylation is 2. The molecule has 0 bridgehead atoms. The van der Waals surface area contributed by atoms with E-state index < -0.39 is 23.8 Å². The van der Waals surface area contributed by atoms with E-state index in [1.165, 1.54) is 30.5 Å². The molecular formula is C15H13ClF3N3O2S. The summed E-state index contributed by atoms with van der Waals surface area (Å²) in [4.78, 5) is 16.5. The van der Waals surface area contributed by atoms with Crippen molar-refractivity contribution in [3.63, 3.8) is 0 Å². The van der Waals surface area contributed by atoms with E-state index >= 15 is 0 Å². The van der Waals surface area contributed by atoms with Crippen LogP contribution in [0.25, 0.3) is 12.2 Å². The van der Waals surface area contributed by atoms with Gasteiger partial charge in [0.2, 0.25) is 0 Å². The van der Waals surface area contributed by atoms with E-state index in [9.17, 15) is 23.1 Å². The Balaban J connectivity index is 1.96. The van der Waals surface area contributed by atoms with E-state index in [0.717, 1.165) is 22.4 Å². The van der Waals surface area contributed by atoms with Crippen molar-refractivity contribution in [2.45, 2.75) is 31.4 Å². The number of thiazole rings is 1. The average molecular weight is 392 g/mol. The van der Waals surface area contributed by atoms with Crippen LogP contribution in [0.2, 0.25) is 5.15 Å². The van der Waals surface area contributed by atoms with Crippen LogP contribution in [0.5, 0.6) is 0 Å². The van der Waals surface area contributed by atoms with E-state index in [4.69, 9.17) is 11.6 Å². The standard InChI is InChI=1S/C15H13ClF3N3O2S/c1-22-13(16)8(12(21-22)15(17,18)19)5-6-10-20-11-7(14(23)24)3-2-4-9(11)25-10/h5-7H,2-4H2,1H3,(H,23,24)/b6-5+. The molecular weight excluding hydrogens is 379 g/mol. The molecule has 2 aromatic heterocycles. The lowest BCUT2D eigenvalue weighted by Gasteiger charge is -2.16. The van der Waals surface area contributed by atoms with Gasteiger partial charge < -0.3 is 5.11 Å². The van der Waals surface area contributed by atoms with E-state index in [0.29, 0.717) is 17.1 Å². The third kappa shape index (κ3) is 3.43. The zero-order chi connectivity index (χ0) is 18.4. The first-order valence-electron chi connectivity index (χ1n) is 7.38. The largest absolute Gasteiger partial charge is 0.481 e. The summed E-state index contributed by atoms with van der Waals surface area (Å²) in [6, 6.07) is 0. The number of hydrogen-bond acceptors (Lipinski definition) is 4. The molecule has 25 heavy (non-hydrogen) atoms. The van der Waals surface area contributed by atoms with Gasteiger partial charge in [0.1, 0.15) is 10.2 Å². The number of aromatic nitrogens is 3. The van der Waals surface area contributed by atoms with Gasteiger partial charge in [0.05, 0.1) is 11.6 Å². The summed E-state index contributed by atoms with van der Waals surface area (Å²) in [6.07, 6.45) is 0.00918. The quantitative estimate of drug-likeness (QED) is 0.850. The van der Waals surface area contributed by atoms with Crippen LogP contribution in [0, 0.1) is 0 Å². The molecule has 3 rings (SSSR count). The first-order valence-corrected chi connectivity index (χ1v) is 8.58. The van der Waals surface area contributed by atoms with Crippen molar-refractivity contribution in [3.05, 3.63) is 32.0 Å². The Labute approximate surface area is 149 Å². The molecule has 1 unspecified atom stereocenters. The smallest absolute Gasteiger partial charge is 0.435 e. The molecule has 1 N–H and O–H groups in total. The second kappa shape index (κ2) is 6.45. The molecule has 0 radical (unpaired) electrons. The van der Waals surface area contributed by atoms with E-state index in [-0.39, 0.29) is 10.7 Å². The van der Waals surface area contributed by atoms with Crippen LogP contribution in [0.1, 0.15) is 45.6 Å². The molecule has 1 atom stereocenters. The summed E-state index contributed by atoms with van der Waals surface area (Å²) in [5.41, 5.74) is -0.794. The summed E-state index contributed by atoms with van der Waals surface area (Å²) in [5, 5.41) is 13.0. The second-order valence-electron chi connectivity index (χ2n) is 5.65. The number of aliphatic carboxylic acids is 1. The molecule has 134 valence electrons. The number of carboxylic acids is 1. The summed E-state index contributed by atoms with van der Waals surface area (Å²) in [6.45, 7) is 0.